The molecule has 0 aromatic heterocycles. The van der Waals surface area contributed by atoms with Crippen molar-refractivity contribution in [2.45, 2.75) is 17.9 Å². The number of ether oxygens (including phenoxy) is 1. The average molecular weight is 410 g/mol. The number of carbonyl (C=O) groups is 1. The third kappa shape index (κ3) is 5.14. The monoisotopic (exact) mass is 410 g/mol. The van der Waals surface area contributed by atoms with E-state index in [1.807, 2.05) is 37.3 Å². The molecule has 0 saturated carbocycles. The van der Waals surface area contributed by atoms with Crippen molar-refractivity contribution in [1.82, 2.24) is 5.32 Å². The topological polar surface area (TPSA) is 84.5 Å². The van der Waals surface area contributed by atoms with Gasteiger partial charge in [-0.3, -0.25) is 9.52 Å². The van der Waals surface area contributed by atoms with E-state index in [1.54, 1.807) is 36.4 Å². The lowest BCUT2D eigenvalue weighted by molar-refractivity contribution is 0.0939. The molecule has 3 aromatic carbocycles. The molecule has 0 heterocycles. The number of hydrogen-bond acceptors (Lipinski definition) is 4. The van der Waals surface area contributed by atoms with Gasteiger partial charge in [-0.2, -0.15) is 0 Å². The highest BCUT2D eigenvalue weighted by atomic mass is 32.2. The predicted octanol–water partition coefficient (Wildman–Crippen LogP) is 3.99. The molecule has 0 bridgehead atoms. The summed E-state index contributed by atoms with van der Waals surface area (Å²) in [6.45, 7) is 1.87. The lowest BCUT2D eigenvalue weighted by Gasteiger charge is -2.15. The Balaban J connectivity index is 1.76. The van der Waals surface area contributed by atoms with Crippen LogP contribution < -0.4 is 14.8 Å². The molecular weight excluding hydrogens is 388 g/mol. The summed E-state index contributed by atoms with van der Waals surface area (Å²) in [4.78, 5) is 12.6. The number of rotatable bonds is 7. The molecule has 150 valence electrons. The number of nitrogens with one attached hydrogen (secondary N) is 2. The van der Waals surface area contributed by atoms with Gasteiger partial charge in [0.25, 0.3) is 15.9 Å². The zero-order valence-corrected chi connectivity index (χ0v) is 16.9. The predicted molar refractivity (Wildman–Crippen MR) is 113 cm³/mol. The third-order valence-electron chi connectivity index (χ3n) is 4.40. The van der Waals surface area contributed by atoms with E-state index in [1.165, 1.54) is 19.2 Å². The zero-order chi connectivity index (χ0) is 20.9. The standard InChI is InChI=1S/C22H22N2O4S/c1-16(17-7-4-3-5-8-17)23-22(25)18-9-6-10-21(15-18)29(26,27)24-19-11-13-20(28-2)14-12-19/h3-16,24H,1-2H3,(H,23,25)/t16-/m1/s1. The Hall–Kier alpha value is -3.32. The summed E-state index contributed by atoms with van der Waals surface area (Å²) in [5, 5.41) is 2.89. The summed E-state index contributed by atoms with van der Waals surface area (Å²) in [6, 6.07) is 21.8. The van der Waals surface area contributed by atoms with Crippen LogP contribution in [0.15, 0.2) is 83.8 Å². The smallest absolute Gasteiger partial charge is 0.261 e. The van der Waals surface area contributed by atoms with Gasteiger partial charge in [-0.1, -0.05) is 36.4 Å². The first-order chi connectivity index (χ1) is 13.9. The number of sulfonamides is 1. The van der Waals surface area contributed by atoms with Gasteiger partial charge in [0.15, 0.2) is 0 Å². The Bertz CT molecular complexity index is 1080. The van der Waals surface area contributed by atoms with Crippen molar-refractivity contribution < 1.29 is 17.9 Å². The highest BCUT2D eigenvalue weighted by molar-refractivity contribution is 7.92. The van der Waals surface area contributed by atoms with Crippen molar-refractivity contribution >= 4 is 21.6 Å². The summed E-state index contributed by atoms with van der Waals surface area (Å²) in [5.41, 5.74) is 1.63. The summed E-state index contributed by atoms with van der Waals surface area (Å²) in [7, 11) is -2.30. The number of benzene rings is 3. The highest BCUT2D eigenvalue weighted by Gasteiger charge is 2.18. The summed E-state index contributed by atoms with van der Waals surface area (Å²) < 4.78 is 33.0. The van der Waals surface area contributed by atoms with Crippen molar-refractivity contribution in [2.75, 3.05) is 11.8 Å². The second-order valence-corrected chi connectivity index (χ2v) is 8.15. The van der Waals surface area contributed by atoms with Crippen LogP contribution in [-0.2, 0) is 10.0 Å². The van der Waals surface area contributed by atoms with E-state index in [0.29, 0.717) is 11.4 Å². The summed E-state index contributed by atoms with van der Waals surface area (Å²) in [5.74, 6) is 0.280. The number of hydrogen-bond donors (Lipinski definition) is 2. The fourth-order valence-electron chi connectivity index (χ4n) is 2.78. The molecule has 7 heteroatoms. The molecule has 0 aliphatic carbocycles. The molecule has 0 saturated heterocycles. The Kier molecular flexibility index (Phi) is 6.19. The van der Waals surface area contributed by atoms with Gasteiger partial charge >= 0.3 is 0 Å². The largest absolute Gasteiger partial charge is 0.497 e. The molecule has 6 nitrogen and oxygen atoms in total. The number of methoxy groups -OCH3 is 1. The van der Waals surface area contributed by atoms with Crippen molar-refractivity contribution in [1.29, 1.82) is 0 Å². The third-order valence-corrected chi connectivity index (χ3v) is 5.77. The van der Waals surface area contributed by atoms with Gasteiger partial charge in [0.1, 0.15) is 5.75 Å². The van der Waals surface area contributed by atoms with Crippen LogP contribution in [0.3, 0.4) is 0 Å². The second kappa shape index (κ2) is 8.79. The summed E-state index contributed by atoms with van der Waals surface area (Å²) >= 11 is 0. The van der Waals surface area contributed by atoms with Gasteiger partial charge in [-0.25, -0.2) is 8.42 Å². The van der Waals surface area contributed by atoms with E-state index in [4.69, 9.17) is 4.74 Å². The fourth-order valence-corrected chi connectivity index (χ4v) is 3.89. The van der Waals surface area contributed by atoms with Crippen molar-refractivity contribution in [3.8, 4) is 5.75 Å². The summed E-state index contributed by atoms with van der Waals surface area (Å²) in [6.07, 6.45) is 0. The first kappa shape index (κ1) is 20.4. The van der Waals surface area contributed by atoms with Crippen molar-refractivity contribution in [3.05, 3.63) is 90.0 Å². The van der Waals surface area contributed by atoms with Gasteiger partial charge in [0, 0.05) is 11.3 Å². The normalized spacial score (nSPS) is 12.1. The van der Waals surface area contributed by atoms with Gasteiger partial charge in [-0.05, 0) is 55.0 Å². The van der Waals surface area contributed by atoms with E-state index >= 15 is 0 Å². The van der Waals surface area contributed by atoms with Crippen LogP contribution in [0.2, 0.25) is 0 Å². The minimum absolute atomic E-state index is 0.00772. The minimum Gasteiger partial charge on any atom is -0.497 e. The lowest BCUT2D eigenvalue weighted by atomic mass is 10.1. The minimum atomic E-state index is -3.84. The molecule has 29 heavy (non-hydrogen) atoms. The Morgan fingerprint density at radius 1 is 0.931 bits per heavy atom. The van der Waals surface area contributed by atoms with E-state index in [9.17, 15) is 13.2 Å². The van der Waals surface area contributed by atoms with Crippen LogP contribution in [0.1, 0.15) is 28.9 Å². The van der Waals surface area contributed by atoms with Gasteiger partial charge < -0.3 is 10.1 Å². The Morgan fingerprint density at radius 2 is 1.62 bits per heavy atom. The fraction of sp³-hybridized carbons (Fsp3) is 0.136. The first-order valence-corrected chi connectivity index (χ1v) is 10.5. The Morgan fingerprint density at radius 3 is 2.28 bits per heavy atom. The van der Waals surface area contributed by atoms with E-state index in [-0.39, 0.29) is 22.4 Å². The van der Waals surface area contributed by atoms with E-state index in [2.05, 4.69) is 10.0 Å². The number of anilines is 1. The maximum Gasteiger partial charge on any atom is 0.261 e. The molecule has 0 unspecified atom stereocenters. The quantitative estimate of drug-likeness (QED) is 0.617. The average Bonchev–Trinajstić information content (AvgIpc) is 2.74. The molecule has 3 rings (SSSR count). The molecule has 0 aliphatic rings. The van der Waals surface area contributed by atoms with Gasteiger partial charge in [0.2, 0.25) is 0 Å². The zero-order valence-electron chi connectivity index (χ0n) is 16.1. The van der Waals surface area contributed by atoms with Crippen LogP contribution in [0.4, 0.5) is 5.69 Å². The maximum absolute atomic E-state index is 12.7. The maximum atomic E-state index is 12.7. The molecule has 0 spiro atoms. The Labute approximate surface area is 170 Å². The van der Waals surface area contributed by atoms with Crippen LogP contribution in [0.5, 0.6) is 5.75 Å². The molecule has 0 aliphatic heterocycles. The van der Waals surface area contributed by atoms with E-state index in [0.717, 1.165) is 5.56 Å². The SMILES string of the molecule is COc1ccc(NS(=O)(=O)c2cccc(C(=O)N[C@H](C)c3ccccc3)c2)cc1. The highest BCUT2D eigenvalue weighted by Crippen LogP contribution is 2.20. The van der Waals surface area contributed by atoms with Crippen molar-refractivity contribution in [2.24, 2.45) is 0 Å². The van der Waals surface area contributed by atoms with Crippen molar-refractivity contribution in [3.63, 3.8) is 0 Å². The molecule has 1 atom stereocenters. The molecule has 1 amide bonds. The van der Waals surface area contributed by atoms with Crippen LogP contribution in [0, 0.1) is 0 Å². The first-order valence-electron chi connectivity index (χ1n) is 9.02. The van der Waals surface area contributed by atoms with Crippen LogP contribution >= 0.6 is 0 Å². The van der Waals surface area contributed by atoms with Crippen LogP contribution in [-0.4, -0.2) is 21.4 Å². The molecule has 3 aromatic rings. The second-order valence-electron chi connectivity index (χ2n) is 6.47. The number of carbonyl (C=O) groups excluding carboxylic acids is 1. The van der Waals surface area contributed by atoms with Gasteiger partial charge in [-0.15, -0.1) is 0 Å². The van der Waals surface area contributed by atoms with Gasteiger partial charge in [0.05, 0.1) is 18.0 Å². The van der Waals surface area contributed by atoms with E-state index < -0.39 is 10.0 Å². The van der Waals surface area contributed by atoms with Crippen LogP contribution in [0.25, 0.3) is 0 Å². The molecule has 0 radical (unpaired) electrons. The molecular formula is C22H22N2O4S. The molecule has 0 fully saturated rings. The number of amides is 1. The molecule has 2 N–H and O–H groups in total. The lowest BCUT2D eigenvalue weighted by Crippen LogP contribution is -2.26.